The van der Waals surface area contributed by atoms with Gasteiger partial charge in [-0.1, -0.05) is 12.8 Å². The number of carboxylic acid groups (broad SMARTS) is 1. The van der Waals surface area contributed by atoms with Gasteiger partial charge in [-0.2, -0.15) is 0 Å². The van der Waals surface area contributed by atoms with E-state index < -0.39 is 11.6 Å². The largest absolute Gasteiger partial charge is 0.479 e. The predicted molar refractivity (Wildman–Crippen MR) is 59.1 cm³/mol. The van der Waals surface area contributed by atoms with Crippen LogP contribution in [0.1, 0.15) is 32.6 Å². The summed E-state index contributed by atoms with van der Waals surface area (Å²) in [5.74, 6) is -1.23. The molecule has 5 heteroatoms. The van der Waals surface area contributed by atoms with Crippen LogP contribution >= 0.6 is 0 Å². The molecule has 0 heterocycles. The lowest BCUT2D eigenvalue weighted by Crippen LogP contribution is -2.47. The van der Waals surface area contributed by atoms with Crippen molar-refractivity contribution in [1.29, 1.82) is 0 Å². The maximum Gasteiger partial charge on any atom is 0.336 e. The van der Waals surface area contributed by atoms with Crippen LogP contribution in [0, 0.1) is 5.41 Å². The van der Waals surface area contributed by atoms with Crippen LogP contribution in [0.5, 0.6) is 0 Å². The van der Waals surface area contributed by atoms with Crippen LogP contribution in [0.15, 0.2) is 0 Å². The van der Waals surface area contributed by atoms with Crippen LogP contribution in [0.25, 0.3) is 0 Å². The Bertz CT molecular complexity index is 246. The zero-order valence-electron chi connectivity index (χ0n) is 9.70. The Hall–Kier alpha value is -0.650. The van der Waals surface area contributed by atoms with Crippen molar-refractivity contribution in [3.63, 3.8) is 0 Å². The number of aliphatic hydroxyl groups excluding tert-OH is 1. The SMILES string of the molecule is CC(O)(CNCC1(CO)CCCC1)C(=O)O. The summed E-state index contributed by atoms with van der Waals surface area (Å²) in [5.41, 5.74) is -1.86. The Morgan fingerprint density at radius 3 is 2.44 bits per heavy atom. The lowest BCUT2D eigenvalue weighted by molar-refractivity contribution is -0.156. The molecule has 0 amide bonds. The van der Waals surface area contributed by atoms with E-state index in [1.54, 1.807) is 0 Å². The summed E-state index contributed by atoms with van der Waals surface area (Å²) in [4.78, 5) is 10.7. The smallest absolute Gasteiger partial charge is 0.336 e. The van der Waals surface area contributed by atoms with E-state index in [0.717, 1.165) is 25.7 Å². The summed E-state index contributed by atoms with van der Waals surface area (Å²) in [6.45, 7) is 1.95. The predicted octanol–water partition coefficient (Wildman–Crippen LogP) is -0.0357. The minimum atomic E-state index is -1.74. The highest BCUT2D eigenvalue weighted by Gasteiger charge is 2.35. The Balaban J connectivity index is 2.37. The molecule has 16 heavy (non-hydrogen) atoms. The number of aliphatic carboxylic acids is 1. The first-order valence-electron chi connectivity index (χ1n) is 5.69. The van der Waals surface area contributed by atoms with E-state index >= 15 is 0 Å². The average Bonchev–Trinajstić information content (AvgIpc) is 2.67. The van der Waals surface area contributed by atoms with Gasteiger partial charge in [-0.15, -0.1) is 0 Å². The van der Waals surface area contributed by atoms with E-state index in [0.29, 0.717) is 6.54 Å². The minimum Gasteiger partial charge on any atom is -0.479 e. The molecule has 1 saturated carbocycles. The van der Waals surface area contributed by atoms with Crippen molar-refractivity contribution in [2.45, 2.75) is 38.2 Å². The maximum absolute atomic E-state index is 10.7. The lowest BCUT2D eigenvalue weighted by Gasteiger charge is -2.28. The number of hydrogen-bond acceptors (Lipinski definition) is 4. The van der Waals surface area contributed by atoms with Crippen molar-refractivity contribution in [3.8, 4) is 0 Å². The number of carbonyl (C=O) groups is 1. The van der Waals surface area contributed by atoms with Gasteiger partial charge in [0.05, 0.1) is 0 Å². The first kappa shape index (κ1) is 13.4. The summed E-state index contributed by atoms with van der Waals surface area (Å²) < 4.78 is 0. The third kappa shape index (κ3) is 3.17. The Morgan fingerprint density at radius 1 is 1.44 bits per heavy atom. The number of rotatable bonds is 6. The number of carboxylic acids is 1. The van der Waals surface area contributed by atoms with E-state index in [9.17, 15) is 15.0 Å². The summed E-state index contributed by atoms with van der Waals surface area (Å²) in [7, 11) is 0. The van der Waals surface area contributed by atoms with Crippen molar-refractivity contribution in [3.05, 3.63) is 0 Å². The fraction of sp³-hybridized carbons (Fsp3) is 0.909. The van der Waals surface area contributed by atoms with Crippen molar-refractivity contribution in [1.82, 2.24) is 5.32 Å². The van der Waals surface area contributed by atoms with Crippen molar-refractivity contribution < 1.29 is 20.1 Å². The second-order valence-corrected chi connectivity index (χ2v) is 5.05. The molecule has 0 aliphatic heterocycles. The molecule has 94 valence electrons. The molecule has 4 N–H and O–H groups in total. The highest BCUT2D eigenvalue weighted by atomic mass is 16.4. The first-order chi connectivity index (χ1) is 7.42. The number of aliphatic hydroxyl groups is 2. The Kier molecular flexibility index (Phi) is 4.29. The van der Waals surface area contributed by atoms with E-state index in [4.69, 9.17) is 5.11 Å². The minimum absolute atomic E-state index is 0.00405. The van der Waals surface area contributed by atoms with Crippen molar-refractivity contribution >= 4 is 5.97 Å². The Morgan fingerprint density at radius 2 is 2.00 bits per heavy atom. The Labute approximate surface area is 95.5 Å². The maximum atomic E-state index is 10.7. The zero-order chi connectivity index (χ0) is 12.2. The van der Waals surface area contributed by atoms with Gasteiger partial charge >= 0.3 is 5.97 Å². The summed E-state index contributed by atoms with van der Waals surface area (Å²) >= 11 is 0. The third-order valence-corrected chi connectivity index (χ3v) is 3.43. The van der Waals surface area contributed by atoms with Gasteiger partial charge in [0.2, 0.25) is 0 Å². The molecule has 1 unspecified atom stereocenters. The van der Waals surface area contributed by atoms with Crippen LogP contribution < -0.4 is 5.32 Å². The van der Waals surface area contributed by atoms with Gasteiger partial charge in [0.25, 0.3) is 0 Å². The quantitative estimate of drug-likeness (QED) is 0.515. The van der Waals surface area contributed by atoms with E-state index in [1.807, 2.05) is 0 Å². The fourth-order valence-electron chi connectivity index (χ4n) is 2.16. The number of hydrogen-bond donors (Lipinski definition) is 4. The van der Waals surface area contributed by atoms with Gasteiger partial charge in [0.15, 0.2) is 5.60 Å². The molecule has 0 radical (unpaired) electrons. The molecule has 0 aromatic rings. The average molecular weight is 231 g/mol. The van der Waals surface area contributed by atoms with Gasteiger partial charge in [0, 0.05) is 25.1 Å². The third-order valence-electron chi connectivity index (χ3n) is 3.43. The van der Waals surface area contributed by atoms with Crippen molar-refractivity contribution in [2.75, 3.05) is 19.7 Å². The van der Waals surface area contributed by atoms with Crippen LogP contribution in [0.3, 0.4) is 0 Å². The van der Waals surface area contributed by atoms with Gasteiger partial charge in [-0.05, 0) is 19.8 Å². The normalized spacial score (nSPS) is 22.9. The highest BCUT2D eigenvalue weighted by Crippen LogP contribution is 2.36. The molecule has 0 aromatic carbocycles. The zero-order valence-corrected chi connectivity index (χ0v) is 9.70. The topological polar surface area (TPSA) is 89.8 Å². The molecule has 0 saturated heterocycles. The molecule has 1 fully saturated rings. The first-order valence-corrected chi connectivity index (χ1v) is 5.69. The molecule has 1 aliphatic carbocycles. The monoisotopic (exact) mass is 231 g/mol. The molecule has 0 bridgehead atoms. The molecular weight excluding hydrogens is 210 g/mol. The molecule has 0 aromatic heterocycles. The second-order valence-electron chi connectivity index (χ2n) is 5.05. The molecular formula is C11H21NO4. The van der Waals surface area contributed by atoms with Gasteiger partial charge in [-0.3, -0.25) is 0 Å². The van der Waals surface area contributed by atoms with Crippen LogP contribution in [-0.2, 0) is 4.79 Å². The van der Waals surface area contributed by atoms with Crippen LogP contribution in [0.4, 0.5) is 0 Å². The van der Waals surface area contributed by atoms with Crippen molar-refractivity contribution in [2.24, 2.45) is 5.41 Å². The summed E-state index contributed by atoms with van der Waals surface area (Å²) in [6, 6.07) is 0. The highest BCUT2D eigenvalue weighted by molar-refractivity contribution is 5.76. The molecule has 1 rings (SSSR count). The standard InChI is InChI=1S/C11H21NO4/c1-10(16,9(14)15)6-12-7-11(8-13)4-2-3-5-11/h12-13,16H,2-8H2,1H3,(H,14,15). The van der Waals surface area contributed by atoms with Crippen LogP contribution in [-0.4, -0.2) is 46.6 Å². The van der Waals surface area contributed by atoms with Gasteiger partial charge in [-0.25, -0.2) is 4.79 Å². The lowest BCUT2D eigenvalue weighted by atomic mass is 9.87. The summed E-state index contributed by atoms with van der Waals surface area (Å²) in [5, 5.41) is 30.5. The molecule has 1 aliphatic rings. The van der Waals surface area contributed by atoms with Crippen LogP contribution in [0.2, 0.25) is 0 Å². The van der Waals surface area contributed by atoms with Gasteiger partial charge < -0.3 is 20.6 Å². The molecule has 1 atom stereocenters. The van der Waals surface area contributed by atoms with E-state index in [-0.39, 0.29) is 18.6 Å². The number of nitrogens with one attached hydrogen (secondary N) is 1. The molecule has 0 spiro atoms. The molecule has 5 nitrogen and oxygen atoms in total. The second kappa shape index (κ2) is 5.12. The van der Waals surface area contributed by atoms with Gasteiger partial charge in [0.1, 0.15) is 0 Å². The van der Waals surface area contributed by atoms with E-state index in [2.05, 4.69) is 5.32 Å². The van der Waals surface area contributed by atoms with E-state index in [1.165, 1.54) is 6.92 Å². The summed E-state index contributed by atoms with van der Waals surface area (Å²) in [6.07, 6.45) is 4.15. The fourth-order valence-corrected chi connectivity index (χ4v) is 2.16.